The Morgan fingerprint density at radius 1 is 1.38 bits per heavy atom. The van der Waals surface area contributed by atoms with Gasteiger partial charge in [0.1, 0.15) is 12.2 Å². The number of nitrogens with zero attached hydrogens (tertiary/aromatic N) is 3. The Bertz CT molecular complexity index is 412. The van der Waals surface area contributed by atoms with Gasteiger partial charge in [0.15, 0.2) is 0 Å². The first kappa shape index (κ1) is 16.4. The second kappa shape index (κ2) is 7.90. The summed E-state index contributed by atoms with van der Waals surface area (Å²) in [5.74, 6) is 1.89. The molecule has 1 aromatic heterocycles. The van der Waals surface area contributed by atoms with Crippen LogP contribution in [0.3, 0.4) is 0 Å². The lowest BCUT2D eigenvalue weighted by Gasteiger charge is -2.37. The second-order valence-corrected chi connectivity index (χ2v) is 6.32. The van der Waals surface area contributed by atoms with Crippen molar-refractivity contribution in [3.8, 4) is 0 Å². The molecule has 1 aliphatic carbocycles. The van der Waals surface area contributed by atoms with Gasteiger partial charge >= 0.3 is 0 Å². The fourth-order valence-electron chi connectivity index (χ4n) is 3.24. The SMILES string of the molecule is CCNC(Cc1ncnn1C(C)C)CC1CC(OCC)C1. The van der Waals surface area contributed by atoms with E-state index in [9.17, 15) is 0 Å². The zero-order valence-electron chi connectivity index (χ0n) is 13.9. The fourth-order valence-corrected chi connectivity index (χ4v) is 3.24. The molecule has 0 radical (unpaired) electrons. The Balaban J connectivity index is 1.86. The van der Waals surface area contributed by atoms with Gasteiger partial charge in [0.2, 0.25) is 0 Å². The van der Waals surface area contributed by atoms with E-state index >= 15 is 0 Å². The summed E-state index contributed by atoms with van der Waals surface area (Å²) in [6.45, 7) is 10.4. The Kier molecular flexibility index (Phi) is 6.18. The molecule has 21 heavy (non-hydrogen) atoms. The van der Waals surface area contributed by atoms with E-state index in [1.165, 1.54) is 19.3 Å². The quantitative estimate of drug-likeness (QED) is 0.760. The van der Waals surface area contributed by atoms with Crippen molar-refractivity contribution in [2.45, 2.75) is 71.6 Å². The maximum atomic E-state index is 5.66. The first-order chi connectivity index (χ1) is 10.1. The molecule has 5 nitrogen and oxygen atoms in total. The minimum Gasteiger partial charge on any atom is -0.378 e. The lowest BCUT2D eigenvalue weighted by atomic mass is 9.77. The molecule has 1 unspecified atom stereocenters. The molecule has 0 bridgehead atoms. The van der Waals surface area contributed by atoms with Crippen LogP contribution >= 0.6 is 0 Å². The summed E-state index contributed by atoms with van der Waals surface area (Å²) in [7, 11) is 0. The average Bonchev–Trinajstić information content (AvgIpc) is 2.84. The summed E-state index contributed by atoms with van der Waals surface area (Å²) in [4.78, 5) is 4.44. The zero-order valence-corrected chi connectivity index (χ0v) is 13.9. The van der Waals surface area contributed by atoms with Crippen LogP contribution in [-0.2, 0) is 11.2 Å². The lowest BCUT2D eigenvalue weighted by Crippen LogP contribution is -2.39. The summed E-state index contributed by atoms with van der Waals surface area (Å²) in [6.07, 6.45) is 6.78. The maximum Gasteiger partial charge on any atom is 0.138 e. The molecule has 0 spiro atoms. The van der Waals surface area contributed by atoms with E-state index in [2.05, 4.69) is 43.1 Å². The topological polar surface area (TPSA) is 52.0 Å². The minimum atomic E-state index is 0.371. The Morgan fingerprint density at radius 3 is 2.76 bits per heavy atom. The third-order valence-corrected chi connectivity index (χ3v) is 4.27. The monoisotopic (exact) mass is 294 g/mol. The van der Waals surface area contributed by atoms with E-state index < -0.39 is 0 Å². The van der Waals surface area contributed by atoms with Crippen molar-refractivity contribution in [1.29, 1.82) is 0 Å². The Labute approximate surface area is 128 Å². The molecule has 1 aromatic rings. The van der Waals surface area contributed by atoms with Crippen molar-refractivity contribution in [2.24, 2.45) is 5.92 Å². The van der Waals surface area contributed by atoms with Crippen LogP contribution in [0.25, 0.3) is 0 Å². The molecule has 0 amide bonds. The van der Waals surface area contributed by atoms with Gasteiger partial charge in [-0.1, -0.05) is 6.92 Å². The van der Waals surface area contributed by atoms with Crippen molar-refractivity contribution in [1.82, 2.24) is 20.1 Å². The van der Waals surface area contributed by atoms with Crippen molar-refractivity contribution >= 4 is 0 Å². The molecule has 0 aliphatic heterocycles. The molecule has 5 heteroatoms. The molecule has 1 saturated carbocycles. The Morgan fingerprint density at radius 2 is 2.14 bits per heavy atom. The van der Waals surface area contributed by atoms with Crippen molar-refractivity contribution in [3.63, 3.8) is 0 Å². The first-order valence-electron chi connectivity index (χ1n) is 8.37. The second-order valence-electron chi connectivity index (χ2n) is 6.32. The predicted octanol–water partition coefficient (Wildman–Crippen LogP) is 2.58. The molecule has 1 aliphatic rings. The molecular formula is C16H30N4O. The number of aromatic nitrogens is 3. The maximum absolute atomic E-state index is 5.66. The lowest BCUT2D eigenvalue weighted by molar-refractivity contribution is -0.0290. The molecule has 1 heterocycles. The van der Waals surface area contributed by atoms with Gasteiger partial charge in [-0.15, -0.1) is 0 Å². The molecule has 1 fully saturated rings. The van der Waals surface area contributed by atoms with Crippen LogP contribution in [0.2, 0.25) is 0 Å². The highest BCUT2D eigenvalue weighted by atomic mass is 16.5. The highest BCUT2D eigenvalue weighted by Crippen LogP contribution is 2.34. The van der Waals surface area contributed by atoms with Crippen LogP contribution in [0, 0.1) is 5.92 Å². The predicted molar refractivity (Wildman–Crippen MR) is 84.3 cm³/mol. The number of nitrogens with one attached hydrogen (secondary N) is 1. The molecule has 2 rings (SSSR count). The number of likely N-dealkylation sites (N-methyl/N-ethyl adjacent to an activating group) is 1. The fraction of sp³-hybridized carbons (Fsp3) is 0.875. The van der Waals surface area contributed by atoms with Gasteiger partial charge in [-0.05, 0) is 52.5 Å². The highest BCUT2D eigenvalue weighted by Gasteiger charge is 2.31. The number of rotatable bonds is 9. The Hall–Kier alpha value is -0.940. The van der Waals surface area contributed by atoms with E-state index in [0.29, 0.717) is 18.2 Å². The van der Waals surface area contributed by atoms with Gasteiger partial charge in [0.05, 0.1) is 6.10 Å². The zero-order chi connectivity index (χ0) is 15.2. The van der Waals surface area contributed by atoms with Crippen molar-refractivity contribution in [2.75, 3.05) is 13.2 Å². The van der Waals surface area contributed by atoms with Gasteiger partial charge in [-0.2, -0.15) is 5.10 Å². The van der Waals surface area contributed by atoms with Crippen LogP contribution in [0.5, 0.6) is 0 Å². The summed E-state index contributed by atoms with van der Waals surface area (Å²) in [5.41, 5.74) is 0. The van der Waals surface area contributed by atoms with E-state index in [1.807, 2.05) is 4.68 Å². The van der Waals surface area contributed by atoms with E-state index in [0.717, 1.165) is 31.3 Å². The highest BCUT2D eigenvalue weighted by molar-refractivity contribution is 4.93. The third-order valence-electron chi connectivity index (χ3n) is 4.27. The minimum absolute atomic E-state index is 0.371. The normalized spacial score (nSPS) is 23.3. The molecular weight excluding hydrogens is 264 g/mol. The molecule has 1 atom stereocenters. The summed E-state index contributed by atoms with van der Waals surface area (Å²) in [6, 6.07) is 0.861. The summed E-state index contributed by atoms with van der Waals surface area (Å²) in [5, 5.41) is 7.95. The molecule has 0 aromatic carbocycles. The summed E-state index contributed by atoms with van der Waals surface area (Å²) < 4.78 is 7.69. The standard InChI is InChI=1S/C16H30N4O/c1-5-17-14(7-13-8-15(9-13)21-6-2)10-16-18-11-19-20(16)12(3)4/h11-15,17H,5-10H2,1-4H3. The van der Waals surface area contributed by atoms with E-state index in [4.69, 9.17) is 4.74 Å². The van der Waals surface area contributed by atoms with Crippen LogP contribution in [0.4, 0.5) is 0 Å². The van der Waals surface area contributed by atoms with Gasteiger partial charge in [0.25, 0.3) is 0 Å². The number of ether oxygens (including phenoxy) is 1. The average molecular weight is 294 g/mol. The molecule has 120 valence electrons. The number of hydrogen-bond acceptors (Lipinski definition) is 4. The van der Waals surface area contributed by atoms with Gasteiger partial charge in [-0.3, -0.25) is 0 Å². The van der Waals surface area contributed by atoms with Crippen LogP contribution in [0.15, 0.2) is 6.33 Å². The van der Waals surface area contributed by atoms with Crippen LogP contribution in [-0.4, -0.2) is 40.1 Å². The largest absolute Gasteiger partial charge is 0.378 e. The molecule has 0 saturated heterocycles. The first-order valence-corrected chi connectivity index (χ1v) is 8.37. The van der Waals surface area contributed by atoms with Crippen LogP contribution in [0.1, 0.15) is 58.8 Å². The van der Waals surface area contributed by atoms with Gasteiger partial charge in [0, 0.05) is 25.1 Å². The van der Waals surface area contributed by atoms with E-state index in [1.54, 1.807) is 6.33 Å². The van der Waals surface area contributed by atoms with E-state index in [-0.39, 0.29) is 0 Å². The van der Waals surface area contributed by atoms with Gasteiger partial charge < -0.3 is 10.1 Å². The van der Waals surface area contributed by atoms with Crippen molar-refractivity contribution in [3.05, 3.63) is 12.2 Å². The van der Waals surface area contributed by atoms with Crippen molar-refractivity contribution < 1.29 is 4.74 Å². The smallest absolute Gasteiger partial charge is 0.138 e. The van der Waals surface area contributed by atoms with Gasteiger partial charge in [-0.25, -0.2) is 9.67 Å². The summed E-state index contributed by atoms with van der Waals surface area (Å²) >= 11 is 0. The van der Waals surface area contributed by atoms with Crippen LogP contribution < -0.4 is 5.32 Å². The molecule has 1 N–H and O–H groups in total. The number of hydrogen-bond donors (Lipinski definition) is 1. The third kappa shape index (κ3) is 4.51.